The fraction of sp³-hybridized carbons (Fsp3) is 0.100. The minimum absolute atomic E-state index is 0.0985. The van der Waals surface area contributed by atoms with Gasteiger partial charge < -0.3 is 14.6 Å². The van der Waals surface area contributed by atoms with E-state index in [1.165, 1.54) is 6.08 Å². The summed E-state index contributed by atoms with van der Waals surface area (Å²) in [7, 11) is 0. The van der Waals surface area contributed by atoms with Crippen LogP contribution in [0.1, 0.15) is 5.56 Å². The van der Waals surface area contributed by atoms with Crippen LogP contribution in [0.2, 0.25) is 0 Å². The summed E-state index contributed by atoms with van der Waals surface area (Å²) in [4.78, 5) is 10.6. The molecule has 5 heteroatoms. The van der Waals surface area contributed by atoms with Gasteiger partial charge in [-0.05, 0) is 39.7 Å². The van der Waals surface area contributed by atoms with Gasteiger partial charge in [0.2, 0.25) is 6.79 Å². The molecule has 1 heterocycles. The van der Waals surface area contributed by atoms with Crippen molar-refractivity contribution >= 4 is 28.0 Å². The summed E-state index contributed by atoms with van der Waals surface area (Å²) < 4.78 is 10.4. The van der Waals surface area contributed by atoms with E-state index in [0.29, 0.717) is 11.5 Å². The van der Waals surface area contributed by atoms with Crippen molar-refractivity contribution in [2.75, 3.05) is 6.79 Å². The van der Waals surface area contributed by atoms with Crippen LogP contribution >= 0.6 is 15.9 Å². The van der Waals surface area contributed by atoms with E-state index in [9.17, 15) is 4.79 Å². The van der Waals surface area contributed by atoms with Crippen molar-refractivity contribution in [2.45, 2.75) is 0 Å². The fourth-order valence-electron chi connectivity index (χ4n) is 1.21. The zero-order valence-electron chi connectivity index (χ0n) is 7.57. The van der Waals surface area contributed by atoms with Crippen LogP contribution in [0.3, 0.4) is 0 Å². The second-order valence-electron chi connectivity index (χ2n) is 2.91. The van der Waals surface area contributed by atoms with Gasteiger partial charge in [-0.3, -0.25) is 0 Å². The molecule has 78 valence electrons. The molecule has 0 aromatic heterocycles. The minimum Gasteiger partial charge on any atom is -0.477 e. The normalized spacial score (nSPS) is 14.1. The highest BCUT2D eigenvalue weighted by Crippen LogP contribution is 2.33. The molecule has 0 fully saturated rings. The zero-order valence-corrected chi connectivity index (χ0v) is 9.15. The van der Waals surface area contributed by atoms with Gasteiger partial charge in [0.1, 0.15) is 4.48 Å². The Hall–Kier alpha value is -1.49. The average Bonchev–Trinajstić information content (AvgIpc) is 2.64. The van der Waals surface area contributed by atoms with Crippen LogP contribution in [-0.2, 0) is 4.79 Å². The van der Waals surface area contributed by atoms with E-state index in [1.54, 1.807) is 18.2 Å². The molecule has 2 rings (SSSR count). The number of hydrogen-bond acceptors (Lipinski definition) is 3. The number of carboxylic acid groups (broad SMARTS) is 1. The van der Waals surface area contributed by atoms with Crippen molar-refractivity contribution in [3.05, 3.63) is 28.2 Å². The molecular weight excluding hydrogens is 264 g/mol. The first-order valence-electron chi connectivity index (χ1n) is 4.17. The second kappa shape index (κ2) is 3.94. The van der Waals surface area contributed by atoms with Crippen molar-refractivity contribution in [1.82, 2.24) is 0 Å². The standard InChI is InChI=1S/C10H7BrO4/c11-7(10(12)13)3-6-1-2-8-9(4-6)15-5-14-8/h1-4H,5H2,(H,12,13)/b7-3+. The zero-order chi connectivity index (χ0) is 10.8. The molecule has 0 spiro atoms. The van der Waals surface area contributed by atoms with Gasteiger partial charge in [-0.15, -0.1) is 0 Å². The van der Waals surface area contributed by atoms with Crippen LogP contribution in [0.4, 0.5) is 0 Å². The van der Waals surface area contributed by atoms with Gasteiger partial charge in [0.15, 0.2) is 11.5 Å². The average molecular weight is 271 g/mol. The van der Waals surface area contributed by atoms with E-state index in [-0.39, 0.29) is 11.3 Å². The quantitative estimate of drug-likeness (QED) is 0.838. The van der Waals surface area contributed by atoms with Crippen molar-refractivity contribution < 1.29 is 19.4 Å². The number of aliphatic carboxylic acids is 1. The number of halogens is 1. The molecule has 15 heavy (non-hydrogen) atoms. The number of carbonyl (C=O) groups is 1. The molecule has 0 amide bonds. The molecule has 1 aliphatic rings. The van der Waals surface area contributed by atoms with Crippen molar-refractivity contribution in [2.24, 2.45) is 0 Å². The molecule has 1 aromatic rings. The largest absolute Gasteiger partial charge is 0.477 e. The maximum absolute atomic E-state index is 10.6. The maximum Gasteiger partial charge on any atom is 0.342 e. The van der Waals surface area contributed by atoms with E-state index < -0.39 is 5.97 Å². The molecule has 0 aliphatic carbocycles. The molecule has 0 radical (unpaired) electrons. The molecule has 0 atom stereocenters. The Morgan fingerprint density at radius 2 is 2.13 bits per heavy atom. The highest BCUT2D eigenvalue weighted by molar-refractivity contribution is 9.12. The van der Waals surface area contributed by atoms with Crippen LogP contribution < -0.4 is 9.47 Å². The Morgan fingerprint density at radius 3 is 2.87 bits per heavy atom. The van der Waals surface area contributed by atoms with Crippen molar-refractivity contribution in [3.8, 4) is 11.5 Å². The smallest absolute Gasteiger partial charge is 0.342 e. The second-order valence-corrected chi connectivity index (χ2v) is 3.76. The summed E-state index contributed by atoms with van der Waals surface area (Å²) in [5, 5.41) is 8.67. The van der Waals surface area contributed by atoms with E-state index in [1.807, 2.05) is 0 Å². The highest BCUT2D eigenvalue weighted by Gasteiger charge is 2.13. The summed E-state index contributed by atoms with van der Waals surface area (Å²) in [5.74, 6) is 0.306. The Labute approximate surface area is 94.2 Å². The Bertz CT molecular complexity index is 439. The van der Waals surface area contributed by atoms with Crippen LogP contribution in [0.5, 0.6) is 11.5 Å². The predicted octanol–water partition coefficient (Wildman–Crippen LogP) is 2.24. The third-order valence-electron chi connectivity index (χ3n) is 1.89. The molecule has 1 aromatic carbocycles. The van der Waals surface area contributed by atoms with Gasteiger partial charge in [-0.1, -0.05) is 6.07 Å². The summed E-state index contributed by atoms with van der Waals surface area (Å²) in [6.07, 6.45) is 1.50. The highest BCUT2D eigenvalue weighted by atomic mass is 79.9. The maximum atomic E-state index is 10.6. The monoisotopic (exact) mass is 270 g/mol. The topological polar surface area (TPSA) is 55.8 Å². The minimum atomic E-state index is -1.01. The lowest BCUT2D eigenvalue weighted by atomic mass is 10.2. The van der Waals surface area contributed by atoms with E-state index >= 15 is 0 Å². The van der Waals surface area contributed by atoms with E-state index in [4.69, 9.17) is 14.6 Å². The molecule has 0 bridgehead atoms. The third kappa shape index (κ3) is 2.12. The van der Waals surface area contributed by atoms with Crippen LogP contribution in [0.25, 0.3) is 6.08 Å². The molecule has 1 N–H and O–H groups in total. The van der Waals surface area contributed by atoms with Crippen LogP contribution in [0, 0.1) is 0 Å². The summed E-state index contributed by atoms with van der Waals surface area (Å²) in [6, 6.07) is 5.24. The Kier molecular flexibility index (Phi) is 2.64. The SMILES string of the molecule is O=C(O)/C(Br)=C\c1ccc2c(c1)OCO2. The molecule has 0 saturated carbocycles. The van der Waals surface area contributed by atoms with Gasteiger partial charge in [-0.2, -0.15) is 0 Å². The first-order valence-corrected chi connectivity index (χ1v) is 4.96. The van der Waals surface area contributed by atoms with Gasteiger partial charge in [0.25, 0.3) is 0 Å². The van der Waals surface area contributed by atoms with Gasteiger partial charge in [0, 0.05) is 0 Å². The lowest BCUT2D eigenvalue weighted by Crippen LogP contribution is -1.93. The Morgan fingerprint density at radius 1 is 1.40 bits per heavy atom. The van der Waals surface area contributed by atoms with Crippen LogP contribution in [0.15, 0.2) is 22.7 Å². The lowest BCUT2D eigenvalue weighted by molar-refractivity contribution is -0.131. The van der Waals surface area contributed by atoms with E-state index in [0.717, 1.165) is 5.56 Å². The Balaban J connectivity index is 2.31. The number of ether oxygens (including phenoxy) is 2. The van der Waals surface area contributed by atoms with Crippen molar-refractivity contribution in [1.29, 1.82) is 0 Å². The van der Waals surface area contributed by atoms with Gasteiger partial charge >= 0.3 is 5.97 Å². The first-order chi connectivity index (χ1) is 7.16. The number of fused-ring (bicyclic) bond motifs is 1. The lowest BCUT2D eigenvalue weighted by Gasteiger charge is -1.98. The molecule has 1 aliphatic heterocycles. The predicted molar refractivity (Wildman–Crippen MR) is 57.1 cm³/mol. The number of hydrogen-bond donors (Lipinski definition) is 1. The number of benzene rings is 1. The molecule has 0 unspecified atom stereocenters. The summed E-state index contributed by atoms with van der Waals surface area (Å²) in [5.41, 5.74) is 0.744. The summed E-state index contributed by atoms with van der Waals surface area (Å²) in [6.45, 7) is 0.211. The number of rotatable bonds is 2. The van der Waals surface area contributed by atoms with E-state index in [2.05, 4.69) is 15.9 Å². The van der Waals surface area contributed by atoms with Crippen molar-refractivity contribution in [3.63, 3.8) is 0 Å². The third-order valence-corrected chi connectivity index (χ3v) is 2.46. The first kappa shape index (κ1) is 10.0. The molecular formula is C10H7BrO4. The molecule has 0 saturated heterocycles. The van der Waals surface area contributed by atoms with Gasteiger partial charge in [-0.25, -0.2) is 4.79 Å². The van der Waals surface area contributed by atoms with Gasteiger partial charge in [0.05, 0.1) is 0 Å². The summed E-state index contributed by atoms with van der Waals surface area (Å²) >= 11 is 2.95. The molecule has 4 nitrogen and oxygen atoms in total. The number of carboxylic acids is 1. The van der Waals surface area contributed by atoms with Crippen LogP contribution in [-0.4, -0.2) is 17.9 Å². The fourth-order valence-corrected chi connectivity index (χ4v) is 1.48.